The molecule has 0 amide bonds. The Labute approximate surface area is 114 Å². The van der Waals surface area contributed by atoms with Crippen LogP contribution in [0.2, 0.25) is 5.02 Å². The molecular weight excluding hydrogens is 264 g/mol. The van der Waals surface area contributed by atoms with Gasteiger partial charge in [0, 0.05) is 21.3 Å². The number of hydrogen-bond acceptors (Lipinski definition) is 3. The fourth-order valence-corrected chi connectivity index (χ4v) is 2.27. The Morgan fingerprint density at radius 1 is 1.32 bits per heavy atom. The topological polar surface area (TPSA) is 55.0 Å². The van der Waals surface area contributed by atoms with Crippen LogP contribution in [0.5, 0.6) is 0 Å². The van der Waals surface area contributed by atoms with Crippen molar-refractivity contribution in [3.63, 3.8) is 0 Å². The number of benzene rings is 1. The molecule has 0 saturated heterocycles. The summed E-state index contributed by atoms with van der Waals surface area (Å²) in [4.78, 5) is 19.0. The van der Waals surface area contributed by atoms with Crippen molar-refractivity contribution in [2.75, 3.05) is 6.61 Å². The summed E-state index contributed by atoms with van der Waals surface area (Å²) in [6, 6.07) is 7.33. The lowest BCUT2D eigenvalue weighted by molar-refractivity contribution is 0.0520. The molecule has 0 aliphatic carbocycles. The monoisotopic (exact) mass is 274 g/mol. The van der Waals surface area contributed by atoms with Crippen molar-refractivity contribution in [1.82, 2.24) is 9.97 Å². The van der Waals surface area contributed by atoms with Gasteiger partial charge >= 0.3 is 5.97 Å². The maximum absolute atomic E-state index is 11.7. The Bertz CT molecular complexity index is 780. The molecule has 0 saturated carbocycles. The van der Waals surface area contributed by atoms with Crippen molar-refractivity contribution in [1.29, 1.82) is 0 Å². The molecular formula is C14H11ClN2O2. The van der Waals surface area contributed by atoms with E-state index in [0.29, 0.717) is 17.3 Å². The van der Waals surface area contributed by atoms with Gasteiger partial charge in [0.2, 0.25) is 0 Å². The van der Waals surface area contributed by atoms with Crippen LogP contribution in [-0.4, -0.2) is 22.5 Å². The van der Waals surface area contributed by atoms with Crippen LogP contribution in [-0.2, 0) is 4.74 Å². The zero-order valence-electron chi connectivity index (χ0n) is 10.2. The number of nitrogens with zero attached hydrogens (tertiary/aromatic N) is 1. The number of aromatic amines is 1. The predicted molar refractivity (Wildman–Crippen MR) is 74.6 cm³/mol. The maximum Gasteiger partial charge on any atom is 0.356 e. The minimum atomic E-state index is -0.410. The molecule has 0 atom stereocenters. The molecule has 3 aromatic rings. The van der Waals surface area contributed by atoms with Gasteiger partial charge in [-0.3, -0.25) is 0 Å². The standard InChI is InChI=1S/C14H11ClN2O2/c1-2-19-14(18)12-6-10-9-4-3-8(15)5-11(9)17-13(10)7-16-12/h3-7,17H,2H2,1H3. The molecule has 19 heavy (non-hydrogen) atoms. The second kappa shape index (κ2) is 4.55. The average Bonchev–Trinajstić information content (AvgIpc) is 2.75. The molecule has 4 nitrogen and oxygen atoms in total. The van der Waals surface area contributed by atoms with E-state index in [-0.39, 0.29) is 0 Å². The van der Waals surface area contributed by atoms with Gasteiger partial charge in [-0.25, -0.2) is 9.78 Å². The quantitative estimate of drug-likeness (QED) is 0.727. The van der Waals surface area contributed by atoms with Gasteiger partial charge in [-0.05, 0) is 25.1 Å². The van der Waals surface area contributed by atoms with Crippen LogP contribution in [0, 0.1) is 0 Å². The molecule has 0 bridgehead atoms. The van der Waals surface area contributed by atoms with Crippen LogP contribution >= 0.6 is 11.6 Å². The SMILES string of the molecule is CCOC(=O)c1cc2c(cn1)[nH]c1cc(Cl)ccc12. The molecule has 0 radical (unpaired) electrons. The third-order valence-electron chi connectivity index (χ3n) is 2.93. The minimum Gasteiger partial charge on any atom is -0.461 e. The van der Waals surface area contributed by atoms with Crippen molar-refractivity contribution < 1.29 is 9.53 Å². The average molecular weight is 275 g/mol. The van der Waals surface area contributed by atoms with Crippen LogP contribution in [0.25, 0.3) is 21.8 Å². The van der Waals surface area contributed by atoms with Crippen molar-refractivity contribution >= 4 is 39.4 Å². The highest BCUT2D eigenvalue weighted by Crippen LogP contribution is 2.27. The molecule has 1 N–H and O–H groups in total. The Hall–Kier alpha value is -2.07. The molecule has 1 aromatic carbocycles. The Kier molecular flexibility index (Phi) is 2.87. The number of ether oxygens (including phenoxy) is 1. The molecule has 96 valence electrons. The summed E-state index contributed by atoms with van der Waals surface area (Å²) in [5.74, 6) is -0.410. The van der Waals surface area contributed by atoms with Crippen molar-refractivity contribution in [2.45, 2.75) is 6.92 Å². The van der Waals surface area contributed by atoms with Gasteiger partial charge in [-0.15, -0.1) is 0 Å². The number of H-pyrrole nitrogens is 1. The van der Waals surface area contributed by atoms with E-state index in [2.05, 4.69) is 9.97 Å². The summed E-state index contributed by atoms with van der Waals surface area (Å²) >= 11 is 5.96. The van der Waals surface area contributed by atoms with Gasteiger partial charge in [0.05, 0.1) is 18.3 Å². The molecule has 5 heteroatoms. The summed E-state index contributed by atoms with van der Waals surface area (Å²) in [6.45, 7) is 2.10. The number of pyridine rings is 1. The second-order valence-electron chi connectivity index (χ2n) is 4.15. The normalized spacial score (nSPS) is 11.1. The molecule has 2 heterocycles. The molecule has 0 aliphatic rings. The molecule has 0 spiro atoms. The first-order valence-electron chi connectivity index (χ1n) is 5.93. The molecule has 3 rings (SSSR count). The Morgan fingerprint density at radius 2 is 2.16 bits per heavy atom. The van der Waals surface area contributed by atoms with Crippen LogP contribution in [0.4, 0.5) is 0 Å². The number of esters is 1. The highest BCUT2D eigenvalue weighted by Gasteiger charge is 2.11. The number of carbonyl (C=O) groups excluding carboxylic acids is 1. The van der Waals surface area contributed by atoms with E-state index < -0.39 is 5.97 Å². The van der Waals surface area contributed by atoms with Gasteiger partial charge in [0.25, 0.3) is 0 Å². The van der Waals surface area contributed by atoms with Gasteiger partial charge < -0.3 is 9.72 Å². The lowest BCUT2D eigenvalue weighted by Crippen LogP contribution is -2.06. The van der Waals surface area contributed by atoms with E-state index in [4.69, 9.17) is 16.3 Å². The first kappa shape index (κ1) is 12.0. The first-order valence-corrected chi connectivity index (χ1v) is 6.31. The zero-order chi connectivity index (χ0) is 13.4. The van der Waals surface area contributed by atoms with E-state index in [9.17, 15) is 4.79 Å². The highest BCUT2D eigenvalue weighted by molar-refractivity contribution is 6.31. The molecule has 0 fully saturated rings. The maximum atomic E-state index is 11.7. The van der Waals surface area contributed by atoms with Crippen molar-refractivity contribution in [3.05, 3.63) is 41.2 Å². The smallest absolute Gasteiger partial charge is 0.356 e. The zero-order valence-corrected chi connectivity index (χ0v) is 11.0. The summed E-state index contributed by atoms with van der Waals surface area (Å²) in [5.41, 5.74) is 2.10. The number of halogens is 1. The summed E-state index contributed by atoms with van der Waals surface area (Å²) in [5, 5.41) is 2.61. The van der Waals surface area contributed by atoms with Gasteiger partial charge in [-0.2, -0.15) is 0 Å². The van der Waals surface area contributed by atoms with Gasteiger partial charge in [0.1, 0.15) is 5.69 Å². The third-order valence-corrected chi connectivity index (χ3v) is 3.16. The van der Waals surface area contributed by atoms with E-state index in [1.54, 1.807) is 19.2 Å². The number of nitrogens with one attached hydrogen (secondary N) is 1. The number of fused-ring (bicyclic) bond motifs is 3. The van der Waals surface area contributed by atoms with E-state index in [1.165, 1.54) is 0 Å². The van der Waals surface area contributed by atoms with Crippen molar-refractivity contribution in [2.24, 2.45) is 0 Å². The van der Waals surface area contributed by atoms with Crippen molar-refractivity contribution in [3.8, 4) is 0 Å². The number of rotatable bonds is 2. The Balaban J connectivity index is 2.21. The lowest BCUT2D eigenvalue weighted by Gasteiger charge is -2.00. The van der Waals surface area contributed by atoms with Crippen LogP contribution in [0.1, 0.15) is 17.4 Å². The summed E-state index contributed by atoms with van der Waals surface area (Å²) in [6.07, 6.45) is 1.63. The minimum absolute atomic E-state index is 0.310. The second-order valence-corrected chi connectivity index (χ2v) is 4.59. The van der Waals surface area contributed by atoms with Gasteiger partial charge in [0.15, 0.2) is 0 Å². The molecule has 0 aliphatic heterocycles. The van der Waals surface area contributed by atoms with Gasteiger partial charge in [-0.1, -0.05) is 17.7 Å². The van der Waals surface area contributed by atoms with E-state index >= 15 is 0 Å². The summed E-state index contributed by atoms with van der Waals surface area (Å²) < 4.78 is 4.95. The number of hydrogen-bond donors (Lipinski definition) is 1. The molecule has 2 aromatic heterocycles. The third kappa shape index (κ3) is 2.04. The highest BCUT2D eigenvalue weighted by atomic mass is 35.5. The van der Waals surface area contributed by atoms with Crippen LogP contribution < -0.4 is 0 Å². The lowest BCUT2D eigenvalue weighted by atomic mass is 10.1. The number of aromatic nitrogens is 2. The first-order chi connectivity index (χ1) is 9.19. The fourth-order valence-electron chi connectivity index (χ4n) is 2.09. The van der Waals surface area contributed by atoms with E-state index in [1.807, 2.05) is 18.2 Å². The van der Waals surface area contributed by atoms with Crippen LogP contribution in [0.3, 0.4) is 0 Å². The van der Waals surface area contributed by atoms with E-state index in [0.717, 1.165) is 21.8 Å². The largest absolute Gasteiger partial charge is 0.461 e. The number of carbonyl (C=O) groups is 1. The van der Waals surface area contributed by atoms with Crippen LogP contribution in [0.15, 0.2) is 30.5 Å². The Morgan fingerprint density at radius 3 is 2.95 bits per heavy atom. The molecule has 0 unspecified atom stereocenters. The predicted octanol–water partition coefficient (Wildman–Crippen LogP) is 3.55. The summed E-state index contributed by atoms with van der Waals surface area (Å²) in [7, 11) is 0. The fraction of sp³-hybridized carbons (Fsp3) is 0.143.